The van der Waals surface area contributed by atoms with E-state index in [1.54, 1.807) is 11.3 Å². The number of carbonyl (C=O) groups excluding carboxylic acids is 2. The highest BCUT2D eigenvalue weighted by Crippen LogP contribution is 2.35. The number of rotatable bonds is 4. The van der Waals surface area contributed by atoms with Crippen molar-refractivity contribution in [3.8, 4) is 0 Å². The van der Waals surface area contributed by atoms with E-state index in [9.17, 15) is 9.59 Å². The number of hydrogen-bond donors (Lipinski definition) is 0. The molecule has 0 bridgehead atoms. The lowest BCUT2D eigenvalue weighted by Crippen LogP contribution is -2.38. The molecule has 2 aliphatic rings. The number of carbonyl (C=O) groups is 2. The third-order valence-corrected chi connectivity index (χ3v) is 6.66. The molecule has 1 aliphatic carbocycles. The third-order valence-electron chi connectivity index (χ3n) is 5.78. The molecule has 0 saturated carbocycles. The first kappa shape index (κ1) is 18.2. The zero-order valence-electron chi connectivity index (χ0n) is 15.6. The van der Waals surface area contributed by atoms with Crippen LogP contribution in [0.25, 0.3) is 0 Å². The quantitative estimate of drug-likeness (QED) is 0.812. The van der Waals surface area contributed by atoms with Crippen LogP contribution < -0.4 is 0 Å². The molecule has 5 heteroatoms. The van der Waals surface area contributed by atoms with Crippen molar-refractivity contribution in [2.45, 2.75) is 38.0 Å². The number of fused-ring (bicyclic) bond motifs is 1. The highest BCUT2D eigenvalue weighted by molar-refractivity contribution is 7.10. The second-order valence-corrected chi connectivity index (χ2v) is 8.54. The summed E-state index contributed by atoms with van der Waals surface area (Å²) in [7, 11) is 0. The number of hydrogen-bond acceptors (Lipinski definition) is 3. The summed E-state index contributed by atoms with van der Waals surface area (Å²) in [5.74, 6) is 0.772. The molecular formula is C22H26N2O2S. The predicted molar refractivity (Wildman–Crippen MR) is 108 cm³/mol. The van der Waals surface area contributed by atoms with Gasteiger partial charge < -0.3 is 9.80 Å². The summed E-state index contributed by atoms with van der Waals surface area (Å²) in [4.78, 5) is 30.4. The zero-order chi connectivity index (χ0) is 18.6. The normalized spacial score (nSPS) is 19.6. The van der Waals surface area contributed by atoms with E-state index in [1.807, 2.05) is 27.3 Å². The average Bonchev–Trinajstić information content (AvgIpc) is 3.25. The highest BCUT2D eigenvalue weighted by atomic mass is 32.1. The van der Waals surface area contributed by atoms with Gasteiger partial charge in [-0.05, 0) is 47.8 Å². The number of nitrogens with zero attached hydrogens (tertiary/aromatic N) is 2. The van der Waals surface area contributed by atoms with Crippen LogP contribution in [-0.4, -0.2) is 47.8 Å². The number of aryl methyl sites for hydroxylation is 1. The maximum absolute atomic E-state index is 12.9. The van der Waals surface area contributed by atoms with Gasteiger partial charge in [-0.15, -0.1) is 11.3 Å². The second-order valence-electron chi connectivity index (χ2n) is 7.51. The van der Waals surface area contributed by atoms with E-state index < -0.39 is 0 Å². The second kappa shape index (κ2) is 8.26. The van der Waals surface area contributed by atoms with Crippen LogP contribution in [0.15, 0.2) is 41.8 Å². The molecule has 4 nitrogen and oxygen atoms in total. The molecule has 0 N–H and O–H groups in total. The van der Waals surface area contributed by atoms with Gasteiger partial charge in [-0.2, -0.15) is 0 Å². The Morgan fingerprint density at radius 3 is 2.52 bits per heavy atom. The van der Waals surface area contributed by atoms with Crippen molar-refractivity contribution in [2.75, 3.05) is 26.2 Å². The van der Waals surface area contributed by atoms with Gasteiger partial charge in [0.05, 0.1) is 6.42 Å². The summed E-state index contributed by atoms with van der Waals surface area (Å²) in [6.07, 6.45) is 4.09. The molecule has 1 aromatic heterocycles. The van der Waals surface area contributed by atoms with Crippen LogP contribution in [0, 0.1) is 0 Å². The van der Waals surface area contributed by atoms with Gasteiger partial charge in [-0.25, -0.2) is 0 Å². The van der Waals surface area contributed by atoms with Gasteiger partial charge in [0.25, 0.3) is 0 Å². The van der Waals surface area contributed by atoms with E-state index in [1.165, 1.54) is 11.1 Å². The predicted octanol–water partition coefficient (Wildman–Crippen LogP) is 3.47. The fourth-order valence-electron chi connectivity index (χ4n) is 4.29. The molecule has 2 amide bonds. The molecule has 1 saturated heterocycles. The standard InChI is InChI=1S/C22H26N2O2S/c25-21(15-18-9-8-17-5-1-2-7-20(17)18)23-10-4-11-24(13-12-23)22(26)16-19-6-3-14-27-19/h1-3,5-7,14,18H,4,8-13,15-16H2. The number of benzene rings is 1. The molecule has 1 aliphatic heterocycles. The lowest BCUT2D eigenvalue weighted by Gasteiger charge is -2.23. The lowest BCUT2D eigenvalue weighted by atomic mass is 9.97. The lowest BCUT2D eigenvalue weighted by molar-refractivity contribution is -0.133. The average molecular weight is 383 g/mol. The minimum absolute atomic E-state index is 0.177. The van der Waals surface area contributed by atoms with Gasteiger partial charge in [0.2, 0.25) is 11.8 Å². The first-order chi connectivity index (χ1) is 13.2. The summed E-state index contributed by atoms with van der Waals surface area (Å²) in [6.45, 7) is 2.82. The Morgan fingerprint density at radius 1 is 0.963 bits per heavy atom. The molecule has 1 unspecified atom stereocenters. The van der Waals surface area contributed by atoms with Crippen molar-refractivity contribution < 1.29 is 9.59 Å². The molecule has 27 heavy (non-hydrogen) atoms. The Morgan fingerprint density at radius 2 is 1.74 bits per heavy atom. The molecule has 1 atom stereocenters. The summed E-state index contributed by atoms with van der Waals surface area (Å²) >= 11 is 1.63. The van der Waals surface area contributed by atoms with Crippen molar-refractivity contribution in [2.24, 2.45) is 0 Å². The molecule has 1 fully saturated rings. The van der Waals surface area contributed by atoms with Crippen molar-refractivity contribution in [1.29, 1.82) is 0 Å². The molecular weight excluding hydrogens is 356 g/mol. The summed E-state index contributed by atoms with van der Waals surface area (Å²) in [5.41, 5.74) is 2.75. The molecule has 142 valence electrons. The number of thiophene rings is 1. The fourth-order valence-corrected chi connectivity index (χ4v) is 4.98. The van der Waals surface area contributed by atoms with Crippen LogP contribution in [-0.2, 0) is 22.4 Å². The Hall–Kier alpha value is -2.14. The molecule has 0 spiro atoms. The minimum atomic E-state index is 0.177. The van der Waals surface area contributed by atoms with Gasteiger partial charge in [0, 0.05) is 37.5 Å². The summed E-state index contributed by atoms with van der Waals surface area (Å²) in [6, 6.07) is 12.5. The first-order valence-electron chi connectivity index (χ1n) is 9.86. The highest BCUT2D eigenvalue weighted by Gasteiger charge is 2.28. The number of amides is 2. The van der Waals surface area contributed by atoms with E-state index in [0.29, 0.717) is 31.8 Å². The molecule has 4 rings (SSSR count). The smallest absolute Gasteiger partial charge is 0.227 e. The Bertz CT molecular complexity index is 802. The van der Waals surface area contributed by atoms with Crippen molar-refractivity contribution >= 4 is 23.2 Å². The summed E-state index contributed by atoms with van der Waals surface area (Å²) in [5, 5.41) is 2.01. The van der Waals surface area contributed by atoms with Crippen molar-refractivity contribution in [3.63, 3.8) is 0 Å². The van der Waals surface area contributed by atoms with Crippen LogP contribution in [0.5, 0.6) is 0 Å². The van der Waals surface area contributed by atoms with E-state index >= 15 is 0 Å². The Balaban J connectivity index is 1.31. The fraction of sp³-hybridized carbons (Fsp3) is 0.455. The Kier molecular flexibility index (Phi) is 5.58. The van der Waals surface area contributed by atoms with Crippen molar-refractivity contribution in [1.82, 2.24) is 9.80 Å². The van der Waals surface area contributed by atoms with Crippen LogP contribution in [0.3, 0.4) is 0 Å². The molecule has 0 radical (unpaired) electrons. The van der Waals surface area contributed by atoms with Crippen molar-refractivity contribution in [3.05, 3.63) is 57.8 Å². The van der Waals surface area contributed by atoms with E-state index in [4.69, 9.17) is 0 Å². The van der Waals surface area contributed by atoms with Gasteiger partial charge in [0.1, 0.15) is 0 Å². The molecule has 2 aromatic rings. The third kappa shape index (κ3) is 4.24. The zero-order valence-corrected chi connectivity index (χ0v) is 16.4. The maximum atomic E-state index is 12.9. The molecule has 1 aromatic carbocycles. The minimum Gasteiger partial charge on any atom is -0.341 e. The van der Waals surface area contributed by atoms with Crippen LogP contribution in [0.2, 0.25) is 0 Å². The monoisotopic (exact) mass is 382 g/mol. The van der Waals surface area contributed by atoms with Gasteiger partial charge in [-0.3, -0.25) is 9.59 Å². The Labute approximate surface area is 164 Å². The van der Waals surface area contributed by atoms with Crippen LogP contribution in [0.4, 0.5) is 0 Å². The SMILES string of the molecule is O=C(Cc1cccs1)N1CCCN(C(=O)CC2CCc3ccccc32)CC1. The van der Waals surface area contributed by atoms with E-state index in [-0.39, 0.29) is 11.8 Å². The van der Waals surface area contributed by atoms with Gasteiger partial charge >= 0.3 is 0 Å². The largest absolute Gasteiger partial charge is 0.341 e. The van der Waals surface area contributed by atoms with Gasteiger partial charge in [-0.1, -0.05) is 30.3 Å². The van der Waals surface area contributed by atoms with E-state index in [2.05, 4.69) is 24.3 Å². The molecule has 2 heterocycles. The van der Waals surface area contributed by atoms with Crippen LogP contribution >= 0.6 is 11.3 Å². The van der Waals surface area contributed by atoms with Gasteiger partial charge in [0.15, 0.2) is 0 Å². The maximum Gasteiger partial charge on any atom is 0.227 e. The first-order valence-corrected chi connectivity index (χ1v) is 10.7. The summed E-state index contributed by atoms with van der Waals surface area (Å²) < 4.78 is 0. The van der Waals surface area contributed by atoms with E-state index in [0.717, 1.165) is 37.2 Å². The topological polar surface area (TPSA) is 40.6 Å². The van der Waals surface area contributed by atoms with Crippen LogP contribution in [0.1, 0.15) is 41.2 Å².